The van der Waals surface area contributed by atoms with Crippen LogP contribution in [0.1, 0.15) is 34.6 Å². The van der Waals surface area contributed by atoms with Crippen molar-refractivity contribution in [3.8, 4) is 0 Å². The molecule has 0 aromatic rings. The number of hydrogen-bond acceptors (Lipinski definition) is 4. The van der Waals surface area contributed by atoms with E-state index in [9.17, 15) is 8.42 Å². The molecule has 0 saturated heterocycles. The van der Waals surface area contributed by atoms with Crippen molar-refractivity contribution in [2.75, 3.05) is 26.0 Å². The lowest BCUT2D eigenvalue weighted by atomic mass is 10.1. The highest BCUT2D eigenvalue weighted by Crippen LogP contribution is 2.17. The highest BCUT2D eigenvalue weighted by molar-refractivity contribution is 7.92. The highest BCUT2D eigenvalue weighted by Gasteiger charge is 2.30. The van der Waals surface area contributed by atoms with Gasteiger partial charge >= 0.3 is 0 Å². The lowest BCUT2D eigenvalue weighted by Crippen LogP contribution is -2.47. The molecule has 0 saturated carbocycles. The molecule has 0 spiro atoms. The van der Waals surface area contributed by atoms with Crippen molar-refractivity contribution in [2.24, 2.45) is 0 Å². The monoisotopic (exact) mass is 251 g/mol. The molecule has 0 aliphatic carbocycles. The minimum Gasteiger partial charge on any atom is -0.394 e. The van der Waals surface area contributed by atoms with E-state index in [0.29, 0.717) is 6.54 Å². The number of nitrogens with zero attached hydrogens (tertiary/aromatic N) is 1. The molecule has 5 heteroatoms. The molecule has 0 fully saturated rings. The molecular formula is C11H25NO3S. The summed E-state index contributed by atoms with van der Waals surface area (Å²) < 4.78 is 23.1. The summed E-state index contributed by atoms with van der Waals surface area (Å²) >= 11 is 0. The smallest absolute Gasteiger partial charge is 0.156 e. The summed E-state index contributed by atoms with van der Waals surface area (Å²) in [4.78, 5) is 1.87. The number of hydrogen-bond donors (Lipinski definition) is 1. The largest absolute Gasteiger partial charge is 0.394 e. The maximum Gasteiger partial charge on any atom is 0.156 e. The van der Waals surface area contributed by atoms with E-state index in [1.807, 2.05) is 25.8 Å². The normalized spacial score (nSPS) is 14.5. The van der Waals surface area contributed by atoms with E-state index in [2.05, 4.69) is 0 Å². The van der Waals surface area contributed by atoms with Gasteiger partial charge in [-0.2, -0.15) is 0 Å². The minimum absolute atomic E-state index is 0.0130. The molecule has 0 aliphatic rings. The summed E-state index contributed by atoms with van der Waals surface area (Å²) in [5, 5.41) is 9.16. The molecule has 4 nitrogen and oxygen atoms in total. The van der Waals surface area contributed by atoms with Gasteiger partial charge in [0.05, 0.1) is 17.1 Å². The first kappa shape index (κ1) is 15.9. The van der Waals surface area contributed by atoms with E-state index in [4.69, 9.17) is 5.11 Å². The van der Waals surface area contributed by atoms with Gasteiger partial charge in [-0.1, -0.05) is 0 Å². The van der Waals surface area contributed by atoms with Crippen LogP contribution < -0.4 is 0 Å². The Labute approximate surface area is 99.6 Å². The second-order valence-corrected chi connectivity index (χ2v) is 8.69. The highest BCUT2D eigenvalue weighted by atomic mass is 32.2. The third-order valence-corrected chi connectivity index (χ3v) is 5.63. The molecule has 0 unspecified atom stereocenters. The van der Waals surface area contributed by atoms with Crippen molar-refractivity contribution < 1.29 is 13.5 Å². The van der Waals surface area contributed by atoms with Gasteiger partial charge in [0.25, 0.3) is 0 Å². The summed E-state index contributed by atoms with van der Waals surface area (Å²) in [5.74, 6) is 0.121. The van der Waals surface area contributed by atoms with E-state index < -0.39 is 14.6 Å². The van der Waals surface area contributed by atoms with E-state index in [-0.39, 0.29) is 17.9 Å². The third kappa shape index (κ3) is 4.03. The first-order valence-electron chi connectivity index (χ1n) is 5.48. The molecule has 0 amide bonds. The maximum absolute atomic E-state index is 11.9. The first-order valence-corrected chi connectivity index (χ1v) is 7.14. The zero-order chi connectivity index (χ0) is 13.2. The molecular weight excluding hydrogens is 226 g/mol. The minimum atomic E-state index is -3.08. The molecule has 16 heavy (non-hydrogen) atoms. The Hall–Kier alpha value is -0.130. The number of likely N-dealkylation sites (N-methyl/N-ethyl adjacent to an activating group) is 1. The van der Waals surface area contributed by atoms with Crippen LogP contribution in [0, 0.1) is 0 Å². The summed E-state index contributed by atoms with van der Waals surface area (Å²) in [7, 11) is -1.26. The average molecular weight is 251 g/mol. The van der Waals surface area contributed by atoms with Crippen LogP contribution in [0.5, 0.6) is 0 Å². The van der Waals surface area contributed by atoms with Gasteiger partial charge in [0.15, 0.2) is 9.84 Å². The SMILES string of the molecule is CN(CCS(=O)(=O)C(C)(C)C)C(C)(C)CO. The Bertz CT molecular complexity index is 315. The summed E-state index contributed by atoms with van der Waals surface area (Å²) in [5.41, 5.74) is -0.382. The molecule has 0 radical (unpaired) electrons. The van der Waals surface area contributed by atoms with Crippen molar-refractivity contribution in [2.45, 2.75) is 44.9 Å². The second kappa shape index (κ2) is 5.02. The molecule has 0 aromatic carbocycles. The van der Waals surface area contributed by atoms with Gasteiger partial charge in [-0.3, -0.25) is 4.90 Å². The number of rotatable bonds is 5. The lowest BCUT2D eigenvalue weighted by molar-refractivity contribution is 0.0841. The van der Waals surface area contributed by atoms with Gasteiger partial charge in [0.1, 0.15) is 0 Å². The van der Waals surface area contributed by atoms with Crippen molar-refractivity contribution in [3.63, 3.8) is 0 Å². The predicted molar refractivity (Wildman–Crippen MR) is 67.3 cm³/mol. The molecule has 0 rings (SSSR count). The molecule has 0 bridgehead atoms. The fraction of sp³-hybridized carbons (Fsp3) is 1.00. The van der Waals surface area contributed by atoms with Gasteiger partial charge in [-0.15, -0.1) is 0 Å². The molecule has 1 N–H and O–H groups in total. The van der Waals surface area contributed by atoms with Crippen LogP contribution in [0.25, 0.3) is 0 Å². The molecule has 0 aliphatic heterocycles. The molecule has 0 atom stereocenters. The van der Waals surface area contributed by atoms with Gasteiger partial charge in [-0.25, -0.2) is 8.42 Å². The van der Waals surface area contributed by atoms with Gasteiger partial charge in [0, 0.05) is 12.1 Å². The standard InChI is InChI=1S/C11H25NO3S/c1-10(2,3)16(14,15)8-7-12(6)11(4,5)9-13/h13H,7-9H2,1-6H3. The van der Waals surface area contributed by atoms with Gasteiger partial charge < -0.3 is 5.11 Å². The Kier molecular flexibility index (Phi) is 4.98. The number of aliphatic hydroxyl groups excluding tert-OH is 1. The second-order valence-electron chi connectivity index (χ2n) is 5.82. The Balaban J connectivity index is 4.50. The van der Waals surface area contributed by atoms with Crippen LogP contribution >= 0.6 is 0 Å². The average Bonchev–Trinajstić information content (AvgIpc) is 2.12. The van der Waals surface area contributed by atoms with Crippen LogP contribution in [-0.2, 0) is 9.84 Å². The zero-order valence-corrected chi connectivity index (χ0v) is 12.1. The first-order chi connectivity index (χ1) is 6.94. The van der Waals surface area contributed by atoms with E-state index in [1.165, 1.54) is 0 Å². The van der Waals surface area contributed by atoms with Crippen LogP contribution in [0.4, 0.5) is 0 Å². The maximum atomic E-state index is 11.9. The Morgan fingerprint density at radius 2 is 1.56 bits per heavy atom. The quantitative estimate of drug-likeness (QED) is 0.789. The molecule has 0 heterocycles. The van der Waals surface area contributed by atoms with Gasteiger partial charge in [0.2, 0.25) is 0 Å². The zero-order valence-electron chi connectivity index (χ0n) is 11.2. The fourth-order valence-electron chi connectivity index (χ4n) is 0.987. The lowest BCUT2D eigenvalue weighted by Gasteiger charge is -2.34. The van der Waals surface area contributed by atoms with Crippen LogP contribution in [0.15, 0.2) is 0 Å². The van der Waals surface area contributed by atoms with E-state index >= 15 is 0 Å². The number of aliphatic hydroxyl groups is 1. The summed E-state index contributed by atoms with van der Waals surface area (Å²) in [6.45, 7) is 9.35. The van der Waals surface area contributed by atoms with Crippen molar-refractivity contribution in [1.82, 2.24) is 4.90 Å². The van der Waals surface area contributed by atoms with Crippen LogP contribution in [-0.4, -0.2) is 54.7 Å². The molecule has 98 valence electrons. The number of sulfone groups is 1. The third-order valence-electron chi connectivity index (χ3n) is 3.05. The summed E-state index contributed by atoms with van der Waals surface area (Å²) in [6.07, 6.45) is 0. The van der Waals surface area contributed by atoms with Crippen LogP contribution in [0.3, 0.4) is 0 Å². The summed E-state index contributed by atoms with van der Waals surface area (Å²) in [6, 6.07) is 0. The molecule has 0 aromatic heterocycles. The Morgan fingerprint density at radius 1 is 1.12 bits per heavy atom. The Morgan fingerprint density at radius 3 is 1.88 bits per heavy atom. The van der Waals surface area contributed by atoms with E-state index in [0.717, 1.165) is 0 Å². The fourth-order valence-corrected chi connectivity index (χ4v) is 2.11. The van der Waals surface area contributed by atoms with Crippen LogP contribution in [0.2, 0.25) is 0 Å². The van der Waals surface area contributed by atoms with E-state index in [1.54, 1.807) is 20.8 Å². The van der Waals surface area contributed by atoms with Gasteiger partial charge in [-0.05, 0) is 41.7 Å². The van der Waals surface area contributed by atoms with Crippen molar-refractivity contribution >= 4 is 9.84 Å². The topological polar surface area (TPSA) is 57.6 Å². The van der Waals surface area contributed by atoms with Crippen molar-refractivity contribution in [1.29, 1.82) is 0 Å². The predicted octanol–water partition coefficient (Wildman–Crippen LogP) is 0.902. The van der Waals surface area contributed by atoms with Crippen molar-refractivity contribution in [3.05, 3.63) is 0 Å².